The van der Waals surface area contributed by atoms with E-state index in [0.29, 0.717) is 17.5 Å². The normalized spacial score (nSPS) is 11.8. The summed E-state index contributed by atoms with van der Waals surface area (Å²) >= 11 is 5.81. The van der Waals surface area contributed by atoms with Crippen molar-refractivity contribution in [3.05, 3.63) is 75.4 Å². The molecule has 0 aliphatic heterocycles. The van der Waals surface area contributed by atoms with Gasteiger partial charge < -0.3 is 20.9 Å². The van der Waals surface area contributed by atoms with Gasteiger partial charge in [0.15, 0.2) is 0 Å². The maximum Gasteiger partial charge on any atom is 0.322 e. The molecule has 0 aliphatic carbocycles. The summed E-state index contributed by atoms with van der Waals surface area (Å²) in [4.78, 5) is 40.7. The number of nitrogens with zero attached hydrogens (tertiary/aromatic N) is 1. The fraction of sp³-hybridized carbons (Fsp3) is 0.227. The van der Waals surface area contributed by atoms with E-state index in [4.69, 9.17) is 17.3 Å². The summed E-state index contributed by atoms with van der Waals surface area (Å²) in [7, 11) is 0. The summed E-state index contributed by atoms with van der Waals surface area (Å²) in [6.07, 6.45) is 2.06. The van der Waals surface area contributed by atoms with E-state index >= 15 is 0 Å². The molecule has 31 heavy (non-hydrogen) atoms. The fourth-order valence-electron chi connectivity index (χ4n) is 3.41. The van der Waals surface area contributed by atoms with E-state index in [0.717, 1.165) is 17.0 Å². The lowest BCUT2D eigenvalue weighted by molar-refractivity contribution is -0.118. The SMILES string of the molecule is CC(c1c[nH]c(=O)c2ccccc12)N(CCCC(N)=O)C(=O)Nc1ccc(F)c(Cl)c1. The van der Waals surface area contributed by atoms with Crippen molar-refractivity contribution in [1.29, 1.82) is 0 Å². The summed E-state index contributed by atoms with van der Waals surface area (Å²) in [5, 5.41) is 3.82. The molecule has 3 aromatic rings. The van der Waals surface area contributed by atoms with Crippen molar-refractivity contribution in [1.82, 2.24) is 9.88 Å². The predicted octanol–water partition coefficient (Wildman–Crippen LogP) is 4.18. The molecule has 1 heterocycles. The van der Waals surface area contributed by atoms with Gasteiger partial charge in [0, 0.05) is 30.2 Å². The molecule has 3 rings (SSSR count). The highest BCUT2D eigenvalue weighted by Crippen LogP contribution is 2.27. The first-order valence-electron chi connectivity index (χ1n) is 9.69. The Hall–Kier alpha value is -3.39. The Morgan fingerprint density at radius 2 is 1.94 bits per heavy atom. The number of H-pyrrole nitrogens is 1. The van der Waals surface area contributed by atoms with Gasteiger partial charge in [0.25, 0.3) is 5.56 Å². The molecule has 0 fully saturated rings. The first-order chi connectivity index (χ1) is 14.8. The highest BCUT2D eigenvalue weighted by Gasteiger charge is 2.24. The summed E-state index contributed by atoms with van der Waals surface area (Å²) in [5.41, 5.74) is 6.08. The van der Waals surface area contributed by atoms with Gasteiger partial charge in [0.2, 0.25) is 5.91 Å². The van der Waals surface area contributed by atoms with Gasteiger partial charge in [0.05, 0.1) is 11.1 Å². The van der Waals surface area contributed by atoms with Gasteiger partial charge in [-0.05, 0) is 48.6 Å². The molecule has 0 saturated heterocycles. The van der Waals surface area contributed by atoms with E-state index in [1.54, 1.807) is 18.3 Å². The van der Waals surface area contributed by atoms with Crippen LogP contribution >= 0.6 is 11.6 Å². The van der Waals surface area contributed by atoms with Crippen molar-refractivity contribution in [2.45, 2.75) is 25.8 Å². The third-order valence-corrected chi connectivity index (χ3v) is 5.30. The van der Waals surface area contributed by atoms with Gasteiger partial charge in [0.1, 0.15) is 5.82 Å². The highest BCUT2D eigenvalue weighted by atomic mass is 35.5. The number of urea groups is 1. The van der Waals surface area contributed by atoms with Crippen LogP contribution in [0.1, 0.15) is 31.4 Å². The molecule has 0 aliphatic rings. The minimum Gasteiger partial charge on any atom is -0.370 e. The molecule has 4 N–H and O–H groups in total. The lowest BCUT2D eigenvalue weighted by Gasteiger charge is -2.30. The fourth-order valence-corrected chi connectivity index (χ4v) is 3.59. The van der Waals surface area contributed by atoms with Gasteiger partial charge in [-0.1, -0.05) is 29.8 Å². The number of aromatic amines is 1. The molecule has 0 spiro atoms. The van der Waals surface area contributed by atoms with Crippen LogP contribution in [0, 0.1) is 5.82 Å². The molecule has 1 atom stereocenters. The molecule has 0 bridgehead atoms. The van der Waals surface area contributed by atoms with Crippen LogP contribution in [0.5, 0.6) is 0 Å². The van der Waals surface area contributed by atoms with E-state index in [9.17, 15) is 18.8 Å². The number of benzene rings is 2. The van der Waals surface area contributed by atoms with Crippen molar-refractivity contribution in [3.8, 4) is 0 Å². The average Bonchev–Trinajstić information content (AvgIpc) is 2.73. The number of hydrogen-bond donors (Lipinski definition) is 3. The van der Waals surface area contributed by atoms with Crippen LogP contribution < -0.4 is 16.6 Å². The number of nitrogens with one attached hydrogen (secondary N) is 2. The Morgan fingerprint density at radius 3 is 2.61 bits per heavy atom. The number of primary amides is 1. The second-order valence-electron chi connectivity index (χ2n) is 7.12. The zero-order valence-electron chi connectivity index (χ0n) is 16.8. The summed E-state index contributed by atoms with van der Waals surface area (Å²) < 4.78 is 13.4. The third-order valence-electron chi connectivity index (χ3n) is 5.01. The molecular formula is C22H22ClFN4O3. The minimum absolute atomic E-state index is 0.113. The molecular weight excluding hydrogens is 423 g/mol. The van der Waals surface area contributed by atoms with Crippen LogP contribution in [-0.2, 0) is 4.79 Å². The lowest BCUT2D eigenvalue weighted by Crippen LogP contribution is -2.38. The molecule has 2 aromatic carbocycles. The van der Waals surface area contributed by atoms with Crippen LogP contribution in [0.3, 0.4) is 0 Å². The number of fused-ring (bicyclic) bond motifs is 1. The number of anilines is 1. The largest absolute Gasteiger partial charge is 0.370 e. The molecule has 1 aromatic heterocycles. The quantitative estimate of drug-likeness (QED) is 0.508. The van der Waals surface area contributed by atoms with E-state index < -0.39 is 23.8 Å². The summed E-state index contributed by atoms with van der Waals surface area (Å²) in [6.45, 7) is 2.06. The predicted molar refractivity (Wildman–Crippen MR) is 119 cm³/mol. The zero-order valence-corrected chi connectivity index (χ0v) is 17.6. The number of amides is 3. The monoisotopic (exact) mass is 444 g/mol. The molecule has 7 nitrogen and oxygen atoms in total. The van der Waals surface area contributed by atoms with Crippen molar-refractivity contribution < 1.29 is 14.0 Å². The molecule has 0 radical (unpaired) electrons. The third kappa shape index (κ3) is 5.21. The van der Waals surface area contributed by atoms with Gasteiger partial charge in [-0.15, -0.1) is 0 Å². The number of rotatable bonds is 7. The highest BCUT2D eigenvalue weighted by molar-refractivity contribution is 6.31. The van der Waals surface area contributed by atoms with Crippen molar-refractivity contribution in [3.63, 3.8) is 0 Å². The van der Waals surface area contributed by atoms with Gasteiger partial charge in [-0.25, -0.2) is 9.18 Å². The maximum absolute atomic E-state index is 13.4. The number of carbonyl (C=O) groups excluding carboxylic acids is 2. The van der Waals surface area contributed by atoms with Crippen LogP contribution in [0.2, 0.25) is 5.02 Å². The molecule has 1 unspecified atom stereocenters. The Morgan fingerprint density at radius 1 is 1.23 bits per heavy atom. The number of hydrogen-bond acceptors (Lipinski definition) is 3. The Bertz CT molecular complexity index is 1180. The van der Waals surface area contributed by atoms with E-state index in [1.165, 1.54) is 17.0 Å². The van der Waals surface area contributed by atoms with Crippen LogP contribution in [0.25, 0.3) is 10.8 Å². The summed E-state index contributed by atoms with van der Waals surface area (Å²) in [6, 6.07) is 10.1. The van der Waals surface area contributed by atoms with Gasteiger partial charge >= 0.3 is 6.03 Å². The van der Waals surface area contributed by atoms with Crippen molar-refractivity contribution in [2.24, 2.45) is 5.73 Å². The first kappa shape index (κ1) is 22.3. The second kappa shape index (κ2) is 9.61. The smallest absolute Gasteiger partial charge is 0.322 e. The van der Waals surface area contributed by atoms with E-state index in [-0.39, 0.29) is 23.5 Å². The molecule has 162 valence electrons. The Balaban J connectivity index is 1.93. The molecule has 3 amide bonds. The minimum atomic E-state index is -0.592. The van der Waals surface area contributed by atoms with Crippen molar-refractivity contribution >= 4 is 40.0 Å². The topological polar surface area (TPSA) is 108 Å². The maximum atomic E-state index is 13.4. The van der Waals surface area contributed by atoms with Crippen LogP contribution in [-0.4, -0.2) is 28.4 Å². The average molecular weight is 445 g/mol. The second-order valence-corrected chi connectivity index (χ2v) is 7.52. The number of aromatic nitrogens is 1. The summed E-state index contributed by atoms with van der Waals surface area (Å²) in [5.74, 6) is -1.06. The van der Waals surface area contributed by atoms with E-state index in [2.05, 4.69) is 10.3 Å². The first-order valence-corrected chi connectivity index (χ1v) is 10.1. The van der Waals surface area contributed by atoms with Crippen LogP contribution in [0.4, 0.5) is 14.9 Å². The standard InChI is InChI=1S/C22H22ClFN4O3/c1-13(17-12-26-21(30)16-6-3-2-5-15(16)17)28(10-4-7-20(25)29)22(31)27-14-8-9-19(24)18(23)11-14/h2-3,5-6,8-9,11-13H,4,7,10H2,1H3,(H2,25,29)(H,26,30)(H,27,31). The Kier molecular flexibility index (Phi) is 6.91. The number of pyridine rings is 1. The van der Waals surface area contributed by atoms with Gasteiger partial charge in [-0.3, -0.25) is 9.59 Å². The van der Waals surface area contributed by atoms with Crippen molar-refractivity contribution in [2.75, 3.05) is 11.9 Å². The lowest BCUT2D eigenvalue weighted by atomic mass is 10.0. The molecule has 0 saturated carbocycles. The Labute approximate surface area is 183 Å². The number of halogens is 2. The zero-order chi connectivity index (χ0) is 22.5. The number of nitrogens with two attached hydrogens (primary N) is 1. The van der Waals surface area contributed by atoms with E-state index in [1.807, 2.05) is 19.1 Å². The van der Waals surface area contributed by atoms with Crippen LogP contribution in [0.15, 0.2) is 53.5 Å². The number of carbonyl (C=O) groups is 2. The van der Waals surface area contributed by atoms with Gasteiger partial charge in [-0.2, -0.15) is 0 Å². The molecule has 9 heteroatoms.